The molecule has 2 saturated heterocycles. The first-order valence-corrected chi connectivity index (χ1v) is 10.8. The van der Waals surface area contributed by atoms with E-state index in [1.54, 1.807) is 12.3 Å². The van der Waals surface area contributed by atoms with Gasteiger partial charge in [0.1, 0.15) is 15.8 Å². The summed E-state index contributed by atoms with van der Waals surface area (Å²) in [6.45, 7) is 5.60. The van der Waals surface area contributed by atoms with Crippen molar-refractivity contribution in [1.82, 2.24) is 14.3 Å². The summed E-state index contributed by atoms with van der Waals surface area (Å²) >= 11 is 6.50. The Morgan fingerprint density at radius 2 is 2.28 bits per heavy atom. The first-order chi connectivity index (χ1) is 14.0. The van der Waals surface area contributed by atoms with Crippen molar-refractivity contribution in [2.75, 3.05) is 25.0 Å². The smallest absolute Gasteiger partial charge is 0.267 e. The molecule has 0 aromatic carbocycles. The number of hydrogen-bond donors (Lipinski definition) is 1. The molecule has 2 aromatic heterocycles. The van der Waals surface area contributed by atoms with Gasteiger partial charge in [0.25, 0.3) is 11.5 Å². The van der Waals surface area contributed by atoms with Gasteiger partial charge in [-0.25, -0.2) is 4.98 Å². The van der Waals surface area contributed by atoms with Gasteiger partial charge >= 0.3 is 0 Å². The maximum Gasteiger partial charge on any atom is 0.267 e. The molecule has 1 N–H and O–H groups in total. The van der Waals surface area contributed by atoms with Crippen LogP contribution in [0.5, 0.6) is 0 Å². The molecule has 4 heterocycles. The number of anilines is 1. The lowest BCUT2D eigenvalue weighted by atomic mass is 10.2. The van der Waals surface area contributed by atoms with Crippen LogP contribution in [0.4, 0.5) is 5.82 Å². The van der Waals surface area contributed by atoms with Gasteiger partial charge in [-0.15, -0.1) is 0 Å². The molecule has 2 fully saturated rings. The second-order valence-electron chi connectivity index (χ2n) is 7.01. The second-order valence-corrected chi connectivity index (χ2v) is 8.68. The second kappa shape index (κ2) is 8.25. The van der Waals surface area contributed by atoms with Crippen LogP contribution >= 0.6 is 24.0 Å². The fourth-order valence-corrected chi connectivity index (χ4v) is 4.86. The predicted octanol–water partition coefficient (Wildman–Crippen LogP) is 2.81. The third-order valence-corrected chi connectivity index (χ3v) is 6.45. The molecule has 0 saturated carbocycles. The Morgan fingerprint density at radius 3 is 2.97 bits per heavy atom. The van der Waals surface area contributed by atoms with Crippen LogP contribution in [0.2, 0.25) is 0 Å². The average Bonchev–Trinajstić information content (AvgIpc) is 3.31. The summed E-state index contributed by atoms with van der Waals surface area (Å²) in [5.74, 6) is 0.280. The summed E-state index contributed by atoms with van der Waals surface area (Å²) in [6.07, 6.45) is 5.40. The van der Waals surface area contributed by atoms with E-state index in [0.717, 1.165) is 25.0 Å². The largest absolute Gasteiger partial charge is 0.376 e. The summed E-state index contributed by atoms with van der Waals surface area (Å²) in [5, 5.41) is 3.28. The Bertz CT molecular complexity index is 1070. The zero-order valence-corrected chi connectivity index (χ0v) is 17.9. The molecule has 0 spiro atoms. The number of thiocarbonyl (C=S) groups is 1. The highest BCUT2D eigenvalue weighted by atomic mass is 32.2. The highest BCUT2D eigenvalue weighted by Crippen LogP contribution is 2.32. The van der Waals surface area contributed by atoms with Gasteiger partial charge in [-0.2, -0.15) is 0 Å². The number of nitrogens with zero attached hydrogens (tertiary/aromatic N) is 3. The van der Waals surface area contributed by atoms with Crippen molar-refractivity contribution >= 4 is 51.7 Å². The van der Waals surface area contributed by atoms with Crippen molar-refractivity contribution < 1.29 is 9.53 Å². The van der Waals surface area contributed by atoms with E-state index in [2.05, 4.69) is 5.32 Å². The van der Waals surface area contributed by atoms with Crippen molar-refractivity contribution in [3.8, 4) is 0 Å². The van der Waals surface area contributed by atoms with E-state index < -0.39 is 0 Å². The van der Waals surface area contributed by atoms with Gasteiger partial charge in [-0.1, -0.05) is 30.0 Å². The fourth-order valence-electron chi connectivity index (χ4n) is 3.50. The molecule has 2 aliphatic heterocycles. The normalized spacial score (nSPS) is 21.0. The van der Waals surface area contributed by atoms with E-state index in [1.807, 2.05) is 26.0 Å². The molecule has 1 atom stereocenters. The van der Waals surface area contributed by atoms with Crippen LogP contribution in [-0.4, -0.2) is 50.3 Å². The third-order valence-electron chi connectivity index (χ3n) is 5.07. The minimum absolute atomic E-state index is 0.0956. The number of pyridine rings is 1. The molecule has 0 unspecified atom stereocenters. The number of aromatic nitrogens is 2. The molecule has 2 aromatic rings. The lowest BCUT2D eigenvalue weighted by molar-refractivity contribution is -0.121. The van der Waals surface area contributed by atoms with E-state index in [-0.39, 0.29) is 17.6 Å². The molecular formula is C20H22N4O3S2. The molecule has 152 valence electrons. The van der Waals surface area contributed by atoms with Gasteiger partial charge in [0.05, 0.1) is 16.6 Å². The topological polar surface area (TPSA) is 75.9 Å². The van der Waals surface area contributed by atoms with E-state index in [4.69, 9.17) is 21.9 Å². The lowest BCUT2D eigenvalue weighted by Crippen LogP contribution is -2.27. The maximum absolute atomic E-state index is 13.3. The summed E-state index contributed by atoms with van der Waals surface area (Å²) in [4.78, 5) is 32.6. The number of likely N-dealkylation sites (N-methyl/N-ethyl adjacent to an activating group) is 1. The van der Waals surface area contributed by atoms with Gasteiger partial charge in [-0.05, 0) is 44.4 Å². The molecule has 0 aliphatic carbocycles. The van der Waals surface area contributed by atoms with Crippen molar-refractivity contribution in [3.05, 3.63) is 44.7 Å². The minimum atomic E-state index is -0.227. The van der Waals surface area contributed by atoms with Gasteiger partial charge in [0.15, 0.2) is 0 Å². The van der Waals surface area contributed by atoms with Crippen LogP contribution in [0, 0.1) is 6.92 Å². The maximum atomic E-state index is 13.3. The van der Waals surface area contributed by atoms with Crippen LogP contribution in [0.3, 0.4) is 0 Å². The number of carbonyl (C=O) groups is 1. The Morgan fingerprint density at radius 1 is 1.45 bits per heavy atom. The van der Waals surface area contributed by atoms with E-state index in [0.29, 0.717) is 39.3 Å². The molecule has 0 radical (unpaired) electrons. The summed E-state index contributed by atoms with van der Waals surface area (Å²) in [7, 11) is 0. The number of thioether (sulfide) groups is 1. The third kappa shape index (κ3) is 3.82. The van der Waals surface area contributed by atoms with Gasteiger partial charge in [0, 0.05) is 25.9 Å². The predicted molar refractivity (Wildman–Crippen MR) is 119 cm³/mol. The summed E-state index contributed by atoms with van der Waals surface area (Å²) in [5.41, 5.74) is 1.61. The van der Waals surface area contributed by atoms with Crippen molar-refractivity contribution in [2.45, 2.75) is 32.8 Å². The zero-order valence-electron chi connectivity index (χ0n) is 16.3. The lowest BCUT2D eigenvalue weighted by Gasteiger charge is -2.15. The zero-order chi connectivity index (χ0) is 20.5. The summed E-state index contributed by atoms with van der Waals surface area (Å²) < 4.78 is 7.69. The number of fused-ring (bicyclic) bond motifs is 1. The van der Waals surface area contributed by atoms with Crippen molar-refractivity contribution in [3.63, 3.8) is 0 Å². The summed E-state index contributed by atoms with van der Waals surface area (Å²) in [6, 6.07) is 3.73. The van der Waals surface area contributed by atoms with Crippen molar-refractivity contribution in [1.29, 1.82) is 0 Å². The standard InChI is InChI=1S/C20H22N4O3S2/c1-3-23-19(26)15(29-20(23)28)10-14-16(21-11-13-7-5-9-27-13)22-17-12(2)6-4-8-24(17)18(14)25/h4,6,8,10,13,21H,3,5,7,9,11H2,1-2H3/b15-10+/t13-/m0/s1. The Kier molecular flexibility index (Phi) is 5.71. The monoisotopic (exact) mass is 430 g/mol. The van der Waals surface area contributed by atoms with Gasteiger partial charge < -0.3 is 10.1 Å². The van der Waals surface area contributed by atoms with Gasteiger partial charge in [-0.3, -0.25) is 18.9 Å². The molecule has 2 aliphatic rings. The number of carbonyl (C=O) groups excluding carboxylic acids is 1. The van der Waals surface area contributed by atoms with Crippen LogP contribution < -0.4 is 10.9 Å². The van der Waals surface area contributed by atoms with Gasteiger partial charge in [0.2, 0.25) is 0 Å². The van der Waals surface area contributed by atoms with E-state index in [1.165, 1.54) is 21.1 Å². The molecule has 4 rings (SSSR count). The molecule has 7 nitrogen and oxygen atoms in total. The van der Waals surface area contributed by atoms with E-state index >= 15 is 0 Å². The van der Waals surface area contributed by atoms with Crippen LogP contribution in [0.25, 0.3) is 11.7 Å². The average molecular weight is 431 g/mol. The fraction of sp³-hybridized carbons (Fsp3) is 0.400. The number of rotatable bonds is 5. The molecule has 1 amide bonds. The van der Waals surface area contributed by atoms with Crippen LogP contribution in [-0.2, 0) is 9.53 Å². The number of nitrogens with one attached hydrogen (secondary N) is 1. The SMILES string of the molecule is CCN1C(=O)/C(=C\c2c(NC[C@@H]3CCCO3)nc3c(C)cccn3c2=O)SC1=S. The number of ether oxygens (including phenoxy) is 1. The Balaban J connectivity index is 1.80. The molecule has 9 heteroatoms. The number of amides is 1. The van der Waals surface area contributed by atoms with Crippen LogP contribution in [0.15, 0.2) is 28.0 Å². The highest BCUT2D eigenvalue weighted by Gasteiger charge is 2.31. The molecule has 0 bridgehead atoms. The first kappa shape index (κ1) is 20.1. The highest BCUT2D eigenvalue weighted by molar-refractivity contribution is 8.26. The minimum Gasteiger partial charge on any atom is -0.376 e. The van der Waals surface area contributed by atoms with Crippen LogP contribution in [0.1, 0.15) is 30.9 Å². The number of aryl methyl sites for hydroxylation is 1. The van der Waals surface area contributed by atoms with Crippen molar-refractivity contribution in [2.24, 2.45) is 0 Å². The van der Waals surface area contributed by atoms with E-state index in [9.17, 15) is 9.59 Å². The molecular weight excluding hydrogens is 408 g/mol. The quantitative estimate of drug-likeness (QED) is 0.577. The number of hydrogen-bond acceptors (Lipinski definition) is 7. The Labute approximate surface area is 178 Å². The molecule has 29 heavy (non-hydrogen) atoms. The Hall–Kier alpha value is -2.23. The first-order valence-electron chi connectivity index (χ1n) is 9.62.